The van der Waals surface area contributed by atoms with Crippen LogP contribution in [-0.4, -0.2) is 5.97 Å². The molecule has 1 aromatic carbocycles. The number of hydrogen-bond donors (Lipinski definition) is 0. The molecule has 0 heterocycles. The second-order valence-electron chi connectivity index (χ2n) is 3.63. The number of carbonyl (C=O) groups is 1. The van der Waals surface area contributed by atoms with Crippen LogP contribution in [0.5, 0.6) is 0 Å². The van der Waals surface area contributed by atoms with Crippen LogP contribution in [-0.2, 0) is 16.1 Å². The number of carbonyl (C=O) groups excluding carboxylic acids is 1. The van der Waals surface area contributed by atoms with E-state index in [1.165, 1.54) is 6.92 Å². The Balaban J connectivity index is 3.26. The molecule has 1 aromatic rings. The third-order valence-corrected chi connectivity index (χ3v) is 2.17. The molecule has 0 aliphatic rings. The Morgan fingerprint density at radius 1 is 1.25 bits per heavy atom. The van der Waals surface area contributed by atoms with Gasteiger partial charge in [-0.2, -0.15) is 0 Å². The highest BCUT2D eigenvalue weighted by Gasteiger charge is 2.25. The maximum Gasteiger partial charge on any atom is 0.333 e. The lowest BCUT2D eigenvalue weighted by Crippen LogP contribution is -2.10. The molecule has 1 rings (SSSR count). The molecule has 0 aromatic heterocycles. The van der Waals surface area contributed by atoms with Crippen molar-refractivity contribution in [3.63, 3.8) is 0 Å². The summed E-state index contributed by atoms with van der Waals surface area (Å²) in [6, 6.07) is 0. The molecule has 0 radical (unpaired) electrons. The predicted molar refractivity (Wildman–Crippen MR) is 59.7 cm³/mol. The molecule has 106 valence electrons. The van der Waals surface area contributed by atoms with E-state index in [2.05, 4.69) is 21.3 Å². The molecular weight excluding hydrogens is 282 g/mol. The summed E-state index contributed by atoms with van der Waals surface area (Å²) in [5.74, 6) is -8.34. The van der Waals surface area contributed by atoms with Crippen LogP contribution in [0.2, 0.25) is 0 Å². The number of nitrogens with zero attached hydrogens (tertiary/aromatic N) is 3. The van der Waals surface area contributed by atoms with E-state index in [0.717, 1.165) is 0 Å². The Kier molecular flexibility index (Phi) is 4.71. The van der Waals surface area contributed by atoms with Crippen molar-refractivity contribution in [2.24, 2.45) is 5.11 Å². The molecule has 0 spiro atoms. The van der Waals surface area contributed by atoms with Gasteiger partial charge in [0, 0.05) is 10.5 Å². The molecule has 0 aliphatic carbocycles. The first-order valence-electron chi connectivity index (χ1n) is 5.03. The molecule has 5 nitrogen and oxygen atoms in total. The van der Waals surface area contributed by atoms with Crippen LogP contribution in [0.1, 0.15) is 12.5 Å². The van der Waals surface area contributed by atoms with Crippen molar-refractivity contribution in [1.82, 2.24) is 0 Å². The van der Waals surface area contributed by atoms with Crippen LogP contribution in [0, 0.1) is 23.3 Å². The van der Waals surface area contributed by atoms with Gasteiger partial charge in [0.1, 0.15) is 12.3 Å². The van der Waals surface area contributed by atoms with Gasteiger partial charge in [0.2, 0.25) is 0 Å². The largest absolute Gasteiger partial charge is 0.457 e. The number of benzene rings is 1. The Hall–Kier alpha value is -2.54. The van der Waals surface area contributed by atoms with E-state index in [1.54, 1.807) is 0 Å². The minimum Gasteiger partial charge on any atom is -0.457 e. The van der Waals surface area contributed by atoms with Crippen molar-refractivity contribution in [2.75, 3.05) is 0 Å². The summed E-state index contributed by atoms with van der Waals surface area (Å²) in [6.07, 6.45) is 0. The number of esters is 1. The van der Waals surface area contributed by atoms with Gasteiger partial charge in [-0.05, 0) is 12.5 Å². The SMILES string of the molecule is C=C(C)C(=O)OCc1c(F)c(F)c(N=[N+]=[N-])c(F)c1F. The van der Waals surface area contributed by atoms with E-state index in [1.807, 2.05) is 0 Å². The van der Waals surface area contributed by atoms with Gasteiger partial charge in [-0.3, -0.25) is 0 Å². The van der Waals surface area contributed by atoms with Crippen molar-refractivity contribution in [3.05, 3.63) is 51.4 Å². The standard InChI is InChI=1S/C11H7F4N3O2/c1-4(2)11(19)20-3-5-6(12)8(14)10(17-18-16)9(15)7(5)13/h1,3H2,2H3. The molecule has 0 N–H and O–H groups in total. The second kappa shape index (κ2) is 6.07. The van der Waals surface area contributed by atoms with Gasteiger partial charge in [-0.1, -0.05) is 11.7 Å². The van der Waals surface area contributed by atoms with Gasteiger partial charge < -0.3 is 4.74 Å². The topological polar surface area (TPSA) is 75.1 Å². The molecular formula is C11H7F4N3O2. The van der Waals surface area contributed by atoms with Crippen molar-refractivity contribution < 1.29 is 27.1 Å². The summed E-state index contributed by atoms with van der Waals surface area (Å²) in [7, 11) is 0. The fourth-order valence-corrected chi connectivity index (χ4v) is 1.19. The van der Waals surface area contributed by atoms with E-state index in [4.69, 9.17) is 5.53 Å². The van der Waals surface area contributed by atoms with E-state index in [0.29, 0.717) is 0 Å². The number of ether oxygens (including phenoxy) is 1. The summed E-state index contributed by atoms with van der Waals surface area (Å²) in [5, 5.41) is 2.52. The molecule has 0 amide bonds. The number of halogens is 4. The third-order valence-electron chi connectivity index (χ3n) is 2.17. The van der Waals surface area contributed by atoms with E-state index < -0.39 is 47.1 Å². The average Bonchev–Trinajstić information content (AvgIpc) is 2.41. The smallest absolute Gasteiger partial charge is 0.333 e. The van der Waals surface area contributed by atoms with Crippen LogP contribution < -0.4 is 0 Å². The van der Waals surface area contributed by atoms with Crippen molar-refractivity contribution in [1.29, 1.82) is 0 Å². The zero-order valence-electron chi connectivity index (χ0n) is 10.1. The molecule has 0 saturated carbocycles. The van der Waals surface area contributed by atoms with Crippen molar-refractivity contribution >= 4 is 11.7 Å². The molecule has 0 unspecified atom stereocenters. The van der Waals surface area contributed by atoms with Crippen LogP contribution in [0.4, 0.5) is 23.2 Å². The molecule has 0 fully saturated rings. The maximum atomic E-state index is 13.5. The summed E-state index contributed by atoms with van der Waals surface area (Å²) in [5.41, 5.74) is 5.43. The molecule has 20 heavy (non-hydrogen) atoms. The summed E-state index contributed by atoms with van der Waals surface area (Å²) >= 11 is 0. The van der Waals surface area contributed by atoms with E-state index in [9.17, 15) is 22.4 Å². The first kappa shape index (κ1) is 15.5. The summed E-state index contributed by atoms with van der Waals surface area (Å²) < 4.78 is 58.1. The van der Waals surface area contributed by atoms with Gasteiger partial charge in [0.15, 0.2) is 23.3 Å². The summed E-state index contributed by atoms with van der Waals surface area (Å²) in [6.45, 7) is 3.47. The van der Waals surface area contributed by atoms with Crippen LogP contribution in [0.3, 0.4) is 0 Å². The number of hydrogen-bond acceptors (Lipinski definition) is 3. The molecule has 0 bridgehead atoms. The third kappa shape index (κ3) is 2.89. The molecule has 0 atom stereocenters. The minimum atomic E-state index is -1.87. The van der Waals surface area contributed by atoms with E-state index in [-0.39, 0.29) is 5.57 Å². The molecule has 9 heteroatoms. The minimum absolute atomic E-state index is 0.0579. The fourth-order valence-electron chi connectivity index (χ4n) is 1.19. The Labute approximate surface area is 110 Å². The monoisotopic (exact) mass is 289 g/mol. The van der Waals surface area contributed by atoms with Gasteiger partial charge in [-0.25, -0.2) is 22.4 Å². The number of rotatable bonds is 4. The Morgan fingerprint density at radius 3 is 2.15 bits per heavy atom. The Morgan fingerprint density at radius 2 is 1.75 bits per heavy atom. The zero-order valence-corrected chi connectivity index (χ0v) is 10.1. The van der Waals surface area contributed by atoms with Gasteiger partial charge in [0.25, 0.3) is 0 Å². The normalized spacial score (nSPS) is 9.85. The van der Waals surface area contributed by atoms with Crippen LogP contribution in [0.15, 0.2) is 17.3 Å². The summed E-state index contributed by atoms with van der Waals surface area (Å²) in [4.78, 5) is 13.1. The lowest BCUT2D eigenvalue weighted by atomic mass is 10.1. The highest BCUT2D eigenvalue weighted by molar-refractivity contribution is 5.86. The lowest BCUT2D eigenvalue weighted by molar-refractivity contribution is -0.140. The first-order chi connectivity index (χ1) is 9.31. The second-order valence-corrected chi connectivity index (χ2v) is 3.63. The highest BCUT2D eigenvalue weighted by Crippen LogP contribution is 2.30. The van der Waals surface area contributed by atoms with Gasteiger partial charge in [0.05, 0.1) is 5.56 Å². The van der Waals surface area contributed by atoms with Gasteiger partial charge >= 0.3 is 5.97 Å². The quantitative estimate of drug-likeness (QED) is 0.161. The predicted octanol–water partition coefficient (Wildman–Crippen LogP) is 3.80. The molecule has 0 aliphatic heterocycles. The zero-order chi connectivity index (χ0) is 15.4. The van der Waals surface area contributed by atoms with E-state index >= 15 is 0 Å². The Bertz CT molecular complexity index is 610. The maximum absolute atomic E-state index is 13.5. The first-order valence-corrected chi connectivity index (χ1v) is 5.03. The average molecular weight is 289 g/mol. The molecule has 0 saturated heterocycles. The van der Waals surface area contributed by atoms with Crippen molar-refractivity contribution in [2.45, 2.75) is 13.5 Å². The number of azide groups is 1. The van der Waals surface area contributed by atoms with Crippen LogP contribution in [0.25, 0.3) is 10.4 Å². The lowest BCUT2D eigenvalue weighted by Gasteiger charge is -2.10. The van der Waals surface area contributed by atoms with Crippen molar-refractivity contribution in [3.8, 4) is 0 Å². The fraction of sp³-hybridized carbons (Fsp3) is 0.182. The highest BCUT2D eigenvalue weighted by atomic mass is 19.2. The van der Waals surface area contributed by atoms with Crippen LogP contribution >= 0.6 is 0 Å². The van der Waals surface area contributed by atoms with Gasteiger partial charge in [-0.15, -0.1) is 0 Å².